The molecule has 0 radical (unpaired) electrons. The Morgan fingerprint density at radius 3 is 2.06 bits per heavy atom. The van der Waals surface area contributed by atoms with Gasteiger partial charge in [0.25, 0.3) is 3.79 Å². The summed E-state index contributed by atoms with van der Waals surface area (Å²) < 4.78 is 3.55. The molecule has 5 heteroatoms. The molecule has 0 aliphatic rings. The summed E-state index contributed by atoms with van der Waals surface area (Å²) in [7, 11) is 0. The second-order valence-electron chi connectivity index (χ2n) is 3.81. The Hall–Kier alpha value is -0.440. The molecule has 16 heavy (non-hydrogen) atoms. The van der Waals surface area contributed by atoms with Crippen molar-refractivity contribution in [2.45, 2.75) is 23.2 Å². The highest BCUT2D eigenvalue weighted by Gasteiger charge is 2.34. The van der Waals surface area contributed by atoms with Gasteiger partial charge >= 0.3 is 0 Å². The predicted molar refractivity (Wildman–Crippen MR) is 68.6 cm³/mol. The van der Waals surface area contributed by atoms with Gasteiger partial charge in [-0.05, 0) is 19.4 Å². The molecule has 1 aromatic rings. The van der Waals surface area contributed by atoms with E-state index in [2.05, 4.69) is 0 Å². The van der Waals surface area contributed by atoms with Crippen molar-refractivity contribution in [2.75, 3.05) is 0 Å². The lowest BCUT2D eigenvalue weighted by molar-refractivity contribution is 0.0897. The summed E-state index contributed by atoms with van der Waals surface area (Å²) in [4.78, 5) is 0. The van der Waals surface area contributed by atoms with Gasteiger partial charge in [0, 0.05) is 0 Å². The number of hydrogen-bond donors (Lipinski definition) is 1. The maximum atomic E-state index is 7.53. The van der Waals surface area contributed by atoms with Crippen molar-refractivity contribution in [3.05, 3.63) is 35.9 Å². The van der Waals surface area contributed by atoms with E-state index in [0.29, 0.717) is 0 Å². The monoisotopic (exact) mass is 279 g/mol. The molecule has 0 spiro atoms. The van der Waals surface area contributed by atoms with Gasteiger partial charge in [-0.2, -0.15) is 0 Å². The maximum Gasteiger partial charge on any atom is 0.265 e. The minimum absolute atomic E-state index is 0.383. The summed E-state index contributed by atoms with van der Waals surface area (Å²) in [5.74, 6) is -0.383. The van der Waals surface area contributed by atoms with E-state index in [-0.39, 0.29) is 5.90 Å². The van der Waals surface area contributed by atoms with E-state index in [1.165, 1.54) is 0 Å². The number of alkyl halides is 3. The normalized spacial score (nSPS) is 12.3. The standard InChI is InChI=1S/C11H12Cl3NO/c1-10(2,8-6-4-3-5-7-8)16-9(15)11(12,13)14/h3-7,15H,1-2H3. The van der Waals surface area contributed by atoms with E-state index in [4.69, 9.17) is 44.9 Å². The number of benzene rings is 1. The highest BCUT2D eigenvalue weighted by atomic mass is 35.6. The van der Waals surface area contributed by atoms with Gasteiger partial charge in [-0.3, -0.25) is 5.41 Å². The zero-order valence-corrected chi connectivity index (χ0v) is 11.2. The molecule has 0 saturated carbocycles. The fraction of sp³-hybridized carbons (Fsp3) is 0.364. The van der Waals surface area contributed by atoms with Crippen LogP contribution in [0.15, 0.2) is 30.3 Å². The Bertz CT molecular complexity index is 371. The van der Waals surface area contributed by atoms with Crippen molar-refractivity contribution in [3.8, 4) is 0 Å². The van der Waals surface area contributed by atoms with Crippen LogP contribution in [0.25, 0.3) is 0 Å². The lowest BCUT2D eigenvalue weighted by Crippen LogP contribution is -2.31. The zero-order chi connectivity index (χ0) is 12.4. The minimum Gasteiger partial charge on any atom is -0.467 e. The minimum atomic E-state index is -1.83. The molecule has 1 N–H and O–H groups in total. The van der Waals surface area contributed by atoms with Gasteiger partial charge in [0.15, 0.2) is 0 Å². The van der Waals surface area contributed by atoms with Gasteiger partial charge in [-0.25, -0.2) is 0 Å². The molecular formula is C11H12Cl3NO. The van der Waals surface area contributed by atoms with E-state index in [9.17, 15) is 0 Å². The second kappa shape index (κ2) is 4.82. The molecule has 0 amide bonds. The van der Waals surface area contributed by atoms with Gasteiger partial charge < -0.3 is 4.74 Å². The molecule has 0 saturated heterocycles. The van der Waals surface area contributed by atoms with Crippen LogP contribution in [0.4, 0.5) is 0 Å². The molecule has 88 valence electrons. The summed E-state index contributed by atoms with van der Waals surface area (Å²) in [5.41, 5.74) is 0.205. The summed E-state index contributed by atoms with van der Waals surface area (Å²) in [6.07, 6.45) is 0. The van der Waals surface area contributed by atoms with Crippen molar-refractivity contribution in [1.82, 2.24) is 0 Å². The first-order chi connectivity index (χ1) is 7.23. The van der Waals surface area contributed by atoms with E-state index < -0.39 is 9.39 Å². The fourth-order valence-corrected chi connectivity index (χ4v) is 1.33. The van der Waals surface area contributed by atoms with Crippen molar-refractivity contribution in [2.24, 2.45) is 0 Å². The molecule has 0 aromatic heterocycles. The van der Waals surface area contributed by atoms with Crippen LogP contribution in [0.3, 0.4) is 0 Å². The van der Waals surface area contributed by atoms with Gasteiger partial charge in [-0.1, -0.05) is 65.1 Å². The molecule has 0 unspecified atom stereocenters. The molecule has 0 atom stereocenters. The maximum absolute atomic E-state index is 7.53. The van der Waals surface area contributed by atoms with Gasteiger partial charge in [-0.15, -0.1) is 0 Å². The number of halogens is 3. The summed E-state index contributed by atoms with van der Waals surface area (Å²) in [6.45, 7) is 3.63. The lowest BCUT2D eigenvalue weighted by atomic mass is 9.98. The third kappa shape index (κ3) is 3.55. The van der Waals surface area contributed by atoms with Crippen molar-refractivity contribution < 1.29 is 4.74 Å². The summed E-state index contributed by atoms with van der Waals surface area (Å²) in [5, 5.41) is 7.53. The van der Waals surface area contributed by atoms with Crippen molar-refractivity contribution in [3.63, 3.8) is 0 Å². The zero-order valence-electron chi connectivity index (χ0n) is 8.93. The van der Waals surface area contributed by atoms with E-state index >= 15 is 0 Å². The van der Waals surface area contributed by atoms with Crippen molar-refractivity contribution >= 4 is 40.7 Å². The first-order valence-corrected chi connectivity index (χ1v) is 5.77. The quantitative estimate of drug-likeness (QED) is 0.489. The van der Waals surface area contributed by atoms with Crippen LogP contribution in [0.5, 0.6) is 0 Å². The van der Waals surface area contributed by atoms with Crippen LogP contribution in [-0.4, -0.2) is 9.69 Å². The smallest absolute Gasteiger partial charge is 0.265 e. The van der Waals surface area contributed by atoms with Gasteiger partial charge in [0.2, 0.25) is 5.90 Å². The first kappa shape index (κ1) is 13.6. The Morgan fingerprint density at radius 2 is 1.62 bits per heavy atom. The Labute approximate surface area is 110 Å². The molecule has 1 aromatic carbocycles. The molecular weight excluding hydrogens is 268 g/mol. The molecule has 2 nitrogen and oxygen atoms in total. The van der Waals surface area contributed by atoms with Crippen molar-refractivity contribution in [1.29, 1.82) is 5.41 Å². The lowest BCUT2D eigenvalue weighted by Gasteiger charge is -2.29. The topological polar surface area (TPSA) is 33.1 Å². The molecule has 0 heterocycles. The third-order valence-electron chi connectivity index (χ3n) is 2.08. The predicted octanol–water partition coefficient (Wildman–Crippen LogP) is 4.29. The third-order valence-corrected chi connectivity index (χ3v) is 2.60. The summed E-state index contributed by atoms with van der Waals surface area (Å²) in [6, 6.07) is 9.47. The molecule has 0 aliphatic carbocycles. The van der Waals surface area contributed by atoms with Crippen LogP contribution < -0.4 is 0 Å². The van der Waals surface area contributed by atoms with Gasteiger partial charge in [0.1, 0.15) is 5.60 Å². The van der Waals surface area contributed by atoms with Crippen LogP contribution in [0, 0.1) is 5.41 Å². The van der Waals surface area contributed by atoms with Gasteiger partial charge in [0.05, 0.1) is 0 Å². The van der Waals surface area contributed by atoms with E-state index in [1.807, 2.05) is 44.2 Å². The Kier molecular flexibility index (Phi) is 4.11. The Balaban J connectivity index is 2.85. The van der Waals surface area contributed by atoms with E-state index in [1.54, 1.807) is 0 Å². The highest BCUT2D eigenvalue weighted by molar-refractivity contribution is 6.76. The molecule has 0 bridgehead atoms. The number of nitrogens with one attached hydrogen (secondary N) is 1. The SMILES string of the molecule is CC(C)(OC(=N)C(Cl)(Cl)Cl)c1ccccc1. The number of hydrogen-bond acceptors (Lipinski definition) is 2. The Morgan fingerprint density at radius 1 is 1.12 bits per heavy atom. The van der Waals surface area contributed by atoms with Crippen LogP contribution in [0.2, 0.25) is 0 Å². The molecule has 0 fully saturated rings. The van der Waals surface area contributed by atoms with Crippen LogP contribution >= 0.6 is 34.8 Å². The average molecular weight is 281 g/mol. The fourth-order valence-electron chi connectivity index (χ4n) is 1.21. The second-order valence-corrected chi connectivity index (χ2v) is 6.09. The van der Waals surface area contributed by atoms with E-state index in [0.717, 1.165) is 5.56 Å². The number of rotatable bonds is 2. The van der Waals surface area contributed by atoms with Crippen LogP contribution in [0.1, 0.15) is 19.4 Å². The first-order valence-electron chi connectivity index (χ1n) is 4.64. The number of ether oxygens (including phenoxy) is 1. The largest absolute Gasteiger partial charge is 0.467 e. The van der Waals surface area contributed by atoms with Crippen LogP contribution in [-0.2, 0) is 10.3 Å². The highest BCUT2D eigenvalue weighted by Crippen LogP contribution is 2.33. The summed E-state index contributed by atoms with van der Waals surface area (Å²) >= 11 is 16.7. The average Bonchev–Trinajstić information content (AvgIpc) is 2.17. The molecule has 0 aliphatic heterocycles. The molecule has 1 rings (SSSR count).